The van der Waals surface area contributed by atoms with Crippen LogP contribution in [0.25, 0.3) is 0 Å². The number of ether oxygens (including phenoxy) is 5. The first-order valence-electron chi connectivity index (χ1n) is 15.7. The number of aliphatic hydroxyl groups is 1. The van der Waals surface area contributed by atoms with E-state index in [4.69, 9.17) is 23.7 Å². The Bertz CT molecular complexity index is 1330. The van der Waals surface area contributed by atoms with E-state index in [-0.39, 0.29) is 107 Å². The van der Waals surface area contributed by atoms with Gasteiger partial charge >= 0.3 is 35.5 Å². The van der Waals surface area contributed by atoms with E-state index in [9.17, 15) is 19.8 Å². The van der Waals surface area contributed by atoms with Gasteiger partial charge in [0.15, 0.2) is 6.10 Å². The predicted octanol–water partition coefficient (Wildman–Crippen LogP) is -1.62. The molecule has 0 amide bonds. The van der Waals surface area contributed by atoms with Gasteiger partial charge in [0.25, 0.3) is 0 Å². The number of rotatable bonds is 4. The average Bonchev–Trinajstić information content (AvgIpc) is 3.65. The largest absolute Gasteiger partial charge is 1.00 e. The number of aliphatic hydroxyl groups excluding tert-OH is 1. The second kappa shape index (κ2) is 14.7. The van der Waals surface area contributed by atoms with Gasteiger partial charge in [0.2, 0.25) is 0 Å². The number of esters is 1. The molecule has 8 aliphatic rings. The maximum absolute atomic E-state index is 12.4. The minimum atomic E-state index is -1.40. The van der Waals surface area contributed by atoms with Gasteiger partial charge in [-0.1, -0.05) is 76.2 Å². The van der Waals surface area contributed by atoms with Gasteiger partial charge in [0.1, 0.15) is 30.5 Å². The third kappa shape index (κ3) is 6.44. The fourth-order valence-corrected chi connectivity index (χ4v) is 7.95. The van der Waals surface area contributed by atoms with Crippen LogP contribution in [0.15, 0.2) is 54.6 Å². The van der Waals surface area contributed by atoms with Crippen LogP contribution < -0.4 is 40.4 Å². The van der Waals surface area contributed by atoms with Crippen molar-refractivity contribution in [1.29, 1.82) is 0 Å². The number of aromatic carboxylic acids is 1. The minimum absolute atomic E-state index is 0. The number of benzene rings is 2. The molecule has 5 N–H and O–H groups in total. The maximum atomic E-state index is 12.4. The van der Waals surface area contributed by atoms with Crippen molar-refractivity contribution < 1.29 is 84.3 Å². The van der Waals surface area contributed by atoms with Crippen LogP contribution in [-0.2, 0) is 23.7 Å². The monoisotopic (exact) mass is 649 g/mol. The first-order valence-corrected chi connectivity index (χ1v) is 15.7. The van der Waals surface area contributed by atoms with Gasteiger partial charge < -0.3 is 49.9 Å². The number of carbonyl (C=O) groups excluding carboxylic acids is 2. The molecule has 0 aromatic heterocycles. The van der Waals surface area contributed by atoms with Gasteiger partial charge in [0.05, 0.1) is 42.1 Å². The second-order valence-corrected chi connectivity index (χ2v) is 13.2. The predicted molar refractivity (Wildman–Crippen MR) is 157 cm³/mol. The van der Waals surface area contributed by atoms with Crippen LogP contribution in [0.3, 0.4) is 0 Å². The number of carboxylic acids is 1. The maximum Gasteiger partial charge on any atom is 1.00 e. The van der Waals surface area contributed by atoms with E-state index in [1.165, 1.54) is 23.8 Å². The smallest absolute Gasteiger partial charge is 0.870 e. The normalized spacial score (nSPS) is 40.4. The second-order valence-electron chi connectivity index (χ2n) is 13.2. The zero-order valence-corrected chi connectivity index (χ0v) is 29.2. The molecule has 10 rings (SSSR count). The van der Waals surface area contributed by atoms with Crippen LogP contribution in [0.4, 0.5) is 0 Å². The number of carbonyl (C=O) groups is 2. The molecule has 0 spiro atoms. The summed E-state index contributed by atoms with van der Waals surface area (Å²) in [5.74, 6) is -0.873. The van der Waals surface area contributed by atoms with Gasteiger partial charge in [-0.2, -0.15) is 0 Å². The number of carboxylic acid groups (broad SMARTS) is 1. The quantitative estimate of drug-likeness (QED) is 0.289. The molecule has 2 aromatic rings. The van der Waals surface area contributed by atoms with E-state index >= 15 is 0 Å². The van der Waals surface area contributed by atoms with Crippen molar-refractivity contribution in [2.75, 3.05) is 0 Å². The molecule has 46 heavy (non-hydrogen) atoms. The Hall–Kier alpha value is -1.90. The van der Waals surface area contributed by atoms with Crippen LogP contribution in [-0.4, -0.2) is 83.6 Å². The molecule has 2 unspecified atom stereocenters. The molecule has 0 aliphatic carbocycles. The van der Waals surface area contributed by atoms with Gasteiger partial charge in [-0.25, -0.2) is 4.79 Å². The summed E-state index contributed by atoms with van der Waals surface area (Å²) in [6, 6.07) is 16.6. The summed E-state index contributed by atoms with van der Waals surface area (Å²) in [6.45, 7) is 10.5. The van der Waals surface area contributed by atoms with Crippen molar-refractivity contribution in [2.24, 2.45) is 23.7 Å². The molecule has 0 radical (unpaired) electrons. The molecule has 8 fully saturated rings. The Balaban J connectivity index is 0.000000175. The SMILES string of the molecule is C[C@@H]1[C@@H]2OC3[C@H]1O[C@H]([C@H]2C)[C@H]3O.C[C@@H]1[C@@H]2OC3[C@H]1O[C@H]([C@H]2C)[C@H]3OC(=O)c1ccccc1C(=O)[O-].C[C@H]([NH3+])c1ccccc1.[Na+].[OH-]. The Morgan fingerprint density at radius 2 is 1.17 bits per heavy atom. The Morgan fingerprint density at radius 1 is 0.717 bits per heavy atom. The molecular weight excluding hydrogens is 605 g/mol. The summed E-state index contributed by atoms with van der Waals surface area (Å²) in [5.41, 5.74) is 5.03. The minimum Gasteiger partial charge on any atom is -0.870 e. The molecule has 11 nitrogen and oxygen atoms in total. The Morgan fingerprint density at radius 3 is 1.72 bits per heavy atom. The molecule has 2 aromatic carbocycles. The van der Waals surface area contributed by atoms with Crippen LogP contribution in [0.1, 0.15) is 66.9 Å². The summed E-state index contributed by atoms with van der Waals surface area (Å²) in [5, 5.41) is 20.9. The molecule has 0 saturated carbocycles. The summed E-state index contributed by atoms with van der Waals surface area (Å²) in [4.78, 5) is 23.6. The topological polar surface area (TPSA) is 181 Å². The van der Waals surface area contributed by atoms with Crippen LogP contribution in [0.5, 0.6) is 0 Å². The summed E-state index contributed by atoms with van der Waals surface area (Å²) >= 11 is 0. The van der Waals surface area contributed by atoms with Crippen LogP contribution in [0.2, 0.25) is 0 Å². The average molecular weight is 650 g/mol. The summed E-state index contributed by atoms with van der Waals surface area (Å²) in [7, 11) is 0. The summed E-state index contributed by atoms with van der Waals surface area (Å²) in [6.07, 6.45) is -0.793. The van der Waals surface area contributed by atoms with Crippen molar-refractivity contribution in [3.63, 3.8) is 0 Å². The molecule has 15 atom stereocenters. The zero-order valence-electron chi connectivity index (χ0n) is 27.2. The van der Waals surface area contributed by atoms with E-state index < -0.39 is 18.0 Å². The standard InChI is InChI=1S/C17H18O6.C9H14O3.C8H11N.Na.H2O/c1-7-11-8(2)13-15(14(21-11)12(7)22-13)23-17(20)10-6-4-3-5-9(10)16(18)19;1-3-6-4(2)8-9(11-6)5(10)7(3)12-8;1-7(9)8-5-3-2-4-6-8;;/h3-8,11-15H,1-2H3,(H,18,19);3-10H,1-2H3;2-7H,9H2,1H3;;1H2/q;;;+1;/p-1/t7-,8+,11+,12+,13-,14?,15-;3-,4+,5+,6+,7+,8-,9?;7-;;/m100../s1. The molecule has 8 bridgehead atoms. The molecule has 8 saturated heterocycles. The first-order chi connectivity index (χ1) is 21.0. The zero-order chi connectivity index (χ0) is 31.4. The first kappa shape index (κ1) is 36.9. The van der Waals surface area contributed by atoms with Gasteiger partial charge in [-0.3, -0.25) is 0 Å². The fraction of sp³-hybridized carbons (Fsp3) is 0.588. The van der Waals surface area contributed by atoms with Crippen molar-refractivity contribution >= 4 is 11.9 Å². The molecule has 8 aliphatic heterocycles. The van der Waals surface area contributed by atoms with E-state index in [2.05, 4.69) is 45.6 Å². The van der Waals surface area contributed by atoms with Crippen molar-refractivity contribution in [1.82, 2.24) is 0 Å². The van der Waals surface area contributed by atoms with E-state index in [1.54, 1.807) is 6.07 Å². The van der Waals surface area contributed by atoms with Crippen LogP contribution in [0, 0.1) is 23.7 Å². The molecule has 246 valence electrons. The number of hydrogen-bond acceptors (Lipinski definition) is 10. The third-order valence-corrected chi connectivity index (χ3v) is 10.3. The Kier molecular flexibility index (Phi) is 11.8. The van der Waals surface area contributed by atoms with Crippen LogP contribution >= 0.6 is 0 Å². The molecule has 8 heterocycles. The van der Waals surface area contributed by atoms with E-state index in [1.807, 2.05) is 25.1 Å². The third-order valence-electron chi connectivity index (χ3n) is 10.3. The van der Waals surface area contributed by atoms with E-state index in [0.717, 1.165) is 0 Å². The Labute approximate surface area is 291 Å². The fourth-order valence-electron chi connectivity index (χ4n) is 7.95. The van der Waals surface area contributed by atoms with Crippen molar-refractivity contribution in [3.05, 3.63) is 71.3 Å². The van der Waals surface area contributed by atoms with Gasteiger partial charge in [-0.15, -0.1) is 0 Å². The number of hydrogen-bond donors (Lipinski definition) is 2. The van der Waals surface area contributed by atoms with Crippen molar-refractivity contribution in [3.8, 4) is 0 Å². The summed E-state index contributed by atoms with van der Waals surface area (Å²) < 4.78 is 29.0. The van der Waals surface area contributed by atoms with Gasteiger partial charge in [0, 0.05) is 34.8 Å². The van der Waals surface area contributed by atoms with E-state index in [0.29, 0.717) is 24.0 Å². The van der Waals surface area contributed by atoms with Crippen molar-refractivity contribution in [2.45, 2.75) is 102 Å². The number of quaternary nitrogens is 1. The molecule has 12 heteroatoms. The molecular formula is C34H44NNaO10. The van der Waals surface area contributed by atoms with Gasteiger partial charge in [-0.05, 0) is 13.0 Å².